The van der Waals surface area contributed by atoms with E-state index in [2.05, 4.69) is 4.98 Å². The lowest BCUT2D eigenvalue weighted by Gasteiger charge is -2.07. The molecule has 0 spiro atoms. The van der Waals surface area contributed by atoms with Crippen LogP contribution in [0.25, 0.3) is 0 Å². The van der Waals surface area contributed by atoms with Crippen molar-refractivity contribution in [2.45, 2.75) is 12.7 Å². The Balaban J connectivity index is 2.01. The number of halogens is 1. The maximum absolute atomic E-state index is 12.8. The summed E-state index contributed by atoms with van der Waals surface area (Å²) in [5.41, 5.74) is 0.245. The molecule has 4 nitrogen and oxygen atoms in total. The first-order valence-corrected chi connectivity index (χ1v) is 4.62. The molecule has 0 bridgehead atoms. The van der Waals surface area contributed by atoms with E-state index in [9.17, 15) is 9.18 Å². The monoisotopic (exact) mass is 211 g/mol. The lowest BCUT2D eigenvalue weighted by molar-refractivity contribution is -0.0407. The highest BCUT2D eigenvalue weighted by atomic mass is 19.1. The smallest absolute Gasteiger partial charge is 0.169 e. The van der Waals surface area contributed by atoms with Crippen molar-refractivity contribution in [2.24, 2.45) is 0 Å². The van der Waals surface area contributed by atoms with Crippen LogP contribution in [0.1, 0.15) is 16.8 Å². The second kappa shape index (κ2) is 4.46. The summed E-state index contributed by atoms with van der Waals surface area (Å²) >= 11 is 0. The van der Waals surface area contributed by atoms with Crippen molar-refractivity contribution in [3.8, 4) is 0 Å². The van der Waals surface area contributed by atoms with Gasteiger partial charge in [-0.2, -0.15) is 0 Å². The zero-order valence-corrected chi connectivity index (χ0v) is 7.98. The number of carbonyl (C=O) groups excluding carboxylic acids is 1. The van der Waals surface area contributed by atoms with E-state index in [1.807, 2.05) is 0 Å². The van der Waals surface area contributed by atoms with Crippen LogP contribution >= 0.6 is 0 Å². The second-order valence-corrected chi connectivity index (χ2v) is 3.19. The molecule has 80 valence electrons. The number of ketones is 1. The quantitative estimate of drug-likeness (QED) is 0.704. The number of aromatic nitrogens is 1. The van der Waals surface area contributed by atoms with Crippen LogP contribution in [-0.2, 0) is 9.47 Å². The number of hydrogen-bond donors (Lipinski definition) is 0. The fourth-order valence-corrected chi connectivity index (χ4v) is 1.36. The maximum atomic E-state index is 12.8. The Morgan fingerprint density at radius 1 is 1.47 bits per heavy atom. The van der Waals surface area contributed by atoms with Crippen molar-refractivity contribution in [3.63, 3.8) is 0 Å². The molecule has 0 atom stereocenters. The molecule has 2 rings (SSSR count). The van der Waals surface area contributed by atoms with Gasteiger partial charge < -0.3 is 9.47 Å². The van der Waals surface area contributed by atoms with Gasteiger partial charge in [-0.1, -0.05) is 0 Å². The molecule has 0 amide bonds. The first-order chi connectivity index (χ1) is 7.25. The van der Waals surface area contributed by atoms with Crippen LogP contribution < -0.4 is 0 Å². The summed E-state index contributed by atoms with van der Waals surface area (Å²) in [6.45, 7) is 0.999. The van der Waals surface area contributed by atoms with E-state index >= 15 is 0 Å². The molecule has 1 aromatic rings. The Morgan fingerprint density at radius 3 is 2.87 bits per heavy atom. The average molecular weight is 211 g/mol. The number of rotatable bonds is 3. The van der Waals surface area contributed by atoms with Crippen molar-refractivity contribution >= 4 is 5.78 Å². The minimum Gasteiger partial charge on any atom is -0.350 e. The third-order valence-corrected chi connectivity index (χ3v) is 2.07. The number of pyridine rings is 1. The van der Waals surface area contributed by atoms with Gasteiger partial charge in [0, 0.05) is 11.8 Å². The molecule has 15 heavy (non-hydrogen) atoms. The molecule has 0 aliphatic carbocycles. The topological polar surface area (TPSA) is 48.4 Å². The molecule has 0 radical (unpaired) electrons. The van der Waals surface area contributed by atoms with E-state index in [0.717, 1.165) is 12.3 Å². The first kappa shape index (κ1) is 10.2. The van der Waals surface area contributed by atoms with Gasteiger partial charge in [0.25, 0.3) is 0 Å². The van der Waals surface area contributed by atoms with Gasteiger partial charge in [-0.25, -0.2) is 4.39 Å². The lowest BCUT2D eigenvalue weighted by Crippen LogP contribution is -2.14. The average Bonchev–Trinajstić information content (AvgIpc) is 2.70. The highest BCUT2D eigenvalue weighted by Crippen LogP contribution is 2.12. The molecule has 2 heterocycles. The molecule has 1 aliphatic rings. The zero-order valence-electron chi connectivity index (χ0n) is 7.98. The number of Topliss-reactive ketones (excluding diaryl/α,β-unsaturated/α-hetero) is 1. The van der Waals surface area contributed by atoms with Crippen molar-refractivity contribution in [3.05, 3.63) is 29.8 Å². The van der Waals surface area contributed by atoms with Crippen LogP contribution in [0.4, 0.5) is 4.39 Å². The Hall–Kier alpha value is -1.33. The van der Waals surface area contributed by atoms with Gasteiger partial charge in [-0.3, -0.25) is 9.78 Å². The standard InChI is InChI=1S/C10H10FNO3/c11-8-3-7(5-12-6-8)9(13)4-10-14-1-2-15-10/h3,5-6,10H,1-2,4H2. The Labute approximate surface area is 86.0 Å². The van der Waals surface area contributed by atoms with Gasteiger partial charge >= 0.3 is 0 Å². The third-order valence-electron chi connectivity index (χ3n) is 2.07. The minimum absolute atomic E-state index is 0.102. The summed E-state index contributed by atoms with van der Waals surface area (Å²) in [5, 5.41) is 0. The predicted molar refractivity (Wildman–Crippen MR) is 48.8 cm³/mol. The van der Waals surface area contributed by atoms with E-state index in [0.29, 0.717) is 13.2 Å². The summed E-state index contributed by atoms with van der Waals surface area (Å²) in [4.78, 5) is 15.2. The molecule has 5 heteroatoms. The van der Waals surface area contributed by atoms with E-state index in [1.54, 1.807) is 0 Å². The molecular weight excluding hydrogens is 201 g/mol. The van der Waals surface area contributed by atoms with Crippen molar-refractivity contribution in [1.29, 1.82) is 0 Å². The first-order valence-electron chi connectivity index (χ1n) is 4.62. The van der Waals surface area contributed by atoms with Gasteiger partial charge in [-0.15, -0.1) is 0 Å². The van der Waals surface area contributed by atoms with Crippen molar-refractivity contribution in [2.75, 3.05) is 13.2 Å². The van der Waals surface area contributed by atoms with Crippen LogP contribution in [0.5, 0.6) is 0 Å². The summed E-state index contributed by atoms with van der Waals surface area (Å²) in [6, 6.07) is 1.16. The number of nitrogens with zero attached hydrogens (tertiary/aromatic N) is 1. The van der Waals surface area contributed by atoms with Crippen LogP contribution in [0.15, 0.2) is 18.5 Å². The largest absolute Gasteiger partial charge is 0.350 e. The van der Waals surface area contributed by atoms with Gasteiger partial charge in [0.1, 0.15) is 5.82 Å². The summed E-state index contributed by atoms with van der Waals surface area (Å²) < 4.78 is 23.0. The van der Waals surface area contributed by atoms with Gasteiger partial charge in [0.2, 0.25) is 0 Å². The fourth-order valence-electron chi connectivity index (χ4n) is 1.36. The van der Waals surface area contributed by atoms with E-state index < -0.39 is 12.1 Å². The Morgan fingerprint density at radius 2 is 2.20 bits per heavy atom. The Bertz CT molecular complexity index is 363. The molecular formula is C10H10FNO3. The third kappa shape index (κ3) is 2.57. The number of ether oxygens (including phenoxy) is 2. The van der Waals surface area contributed by atoms with Gasteiger partial charge in [-0.05, 0) is 6.07 Å². The van der Waals surface area contributed by atoms with Gasteiger partial charge in [0.15, 0.2) is 12.1 Å². The SMILES string of the molecule is O=C(CC1OCCO1)c1cncc(F)c1. The number of carbonyl (C=O) groups is 1. The van der Waals surface area contributed by atoms with E-state index in [4.69, 9.17) is 9.47 Å². The van der Waals surface area contributed by atoms with Crippen molar-refractivity contribution < 1.29 is 18.7 Å². The van der Waals surface area contributed by atoms with E-state index in [1.165, 1.54) is 6.20 Å². The molecule has 0 saturated carbocycles. The Kier molecular flexibility index (Phi) is 3.03. The molecule has 1 aromatic heterocycles. The van der Waals surface area contributed by atoms with E-state index in [-0.39, 0.29) is 17.8 Å². The van der Waals surface area contributed by atoms with Crippen LogP contribution in [-0.4, -0.2) is 30.3 Å². The minimum atomic E-state index is -0.519. The van der Waals surface area contributed by atoms with Crippen LogP contribution in [0.3, 0.4) is 0 Å². The predicted octanol–water partition coefficient (Wildman–Crippen LogP) is 1.17. The lowest BCUT2D eigenvalue weighted by atomic mass is 10.1. The summed E-state index contributed by atoms with van der Waals surface area (Å²) in [5.74, 6) is -0.747. The summed E-state index contributed by atoms with van der Waals surface area (Å²) in [6.07, 6.45) is 1.99. The highest BCUT2D eigenvalue weighted by molar-refractivity contribution is 5.95. The normalized spacial score (nSPS) is 16.9. The second-order valence-electron chi connectivity index (χ2n) is 3.19. The molecule has 0 aromatic carbocycles. The molecule has 1 saturated heterocycles. The molecule has 0 N–H and O–H groups in total. The van der Waals surface area contributed by atoms with Gasteiger partial charge in [0.05, 0.1) is 25.8 Å². The fraction of sp³-hybridized carbons (Fsp3) is 0.400. The zero-order chi connectivity index (χ0) is 10.7. The van der Waals surface area contributed by atoms with Crippen LogP contribution in [0, 0.1) is 5.82 Å². The summed E-state index contributed by atoms with van der Waals surface area (Å²) in [7, 11) is 0. The van der Waals surface area contributed by atoms with Crippen LogP contribution in [0.2, 0.25) is 0 Å². The number of hydrogen-bond acceptors (Lipinski definition) is 4. The highest BCUT2D eigenvalue weighted by Gasteiger charge is 2.20. The molecule has 1 aliphatic heterocycles. The van der Waals surface area contributed by atoms with Crippen molar-refractivity contribution in [1.82, 2.24) is 4.98 Å². The molecule has 1 fully saturated rings. The maximum Gasteiger partial charge on any atom is 0.169 e. The molecule has 0 unspecified atom stereocenters.